The maximum Gasteiger partial charge on any atom is 0.184 e. The van der Waals surface area contributed by atoms with Crippen molar-refractivity contribution in [1.82, 2.24) is 4.98 Å². The summed E-state index contributed by atoms with van der Waals surface area (Å²) in [7, 11) is 0. The van der Waals surface area contributed by atoms with Crippen LogP contribution in [-0.4, -0.2) is 41.1 Å². The standard InChI is InChI=1S/C25H24BrNO5/c26-21-14-16(11-12-27-21)13-19-22-23(32-24(29-19)17-7-3-1-4-8-17)20(15-28)30-25(31-22)18-9-5-2-6-10-18/h1-12,14,19-20,22-25,28H,13,15H2. The molecule has 5 rings (SSSR count). The van der Waals surface area contributed by atoms with Gasteiger partial charge < -0.3 is 24.1 Å². The van der Waals surface area contributed by atoms with Crippen molar-refractivity contribution >= 4 is 15.9 Å². The number of fused-ring (bicyclic) bond motifs is 1. The highest BCUT2D eigenvalue weighted by molar-refractivity contribution is 9.10. The van der Waals surface area contributed by atoms with Crippen molar-refractivity contribution in [1.29, 1.82) is 0 Å². The Balaban J connectivity index is 1.47. The van der Waals surface area contributed by atoms with Gasteiger partial charge in [-0.05, 0) is 33.6 Å². The van der Waals surface area contributed by atoms with E-state index >= 15 is 0 Å². The molecule has 1 aromatic heterocycles. The van der Waals surface area contributed by atoms with Crippen LogP contribution in [0, 0.1) is 0 Å². The fraction of sp³-hybridized carbons (Fsp3) is 0.320. The van der Waals surface area contributed by atoms with Crippen molar-refractivity contribution in [2.24, 2.45) is 0 Å². The molecule has 0 aliphatic carbocycles. The number of hydrogen-bond donors (Lipinski definition) is 1. The summed E-state index contributed by atoms with van der Waals surface area (Å²) >= 11 is 3.44. The van der Waals surface area contributed by atoms with Crippen molar-refractivity contribution in [3.8, 4) is 0 Å². The third kappa shape index (κ3) is 4.64. The predicted octanol–water partition coefficient (Wildman–Crippen LogP) is 4.34. The topological polar surface area (TPSA) is 70.0 Å². The minimum atomic E-state index is -0.609. The zero-order chi connectivity index (χ0) is 21.9. The summed E-state index contributed by atoms with van der Waals surface area (Å²) in [6.45, 7) is -0.178. The monoisotopic (exact) mass is 497 g/mol. The molecule has 3 heterocycles. The molecule has 0 spiro atoms. The summed E-state index contributed by atoms with van der Waals surface area (Å²) in [5.74, 6) is 0. The Hall–Kier alpha value is -2.13. The first-order chi connectivity index (χ1) is 15.7. The maximum atomic E-state index is 10.1. The molecule has 0 bridgehead atoms. The van der Waals surface area contributed by atoms with Crippen LogP contribution in [0.5, 0.6) is 0 Å². The lowest BCUT2D eigenvalue weighted by Gasteiger charge is -2.49. The molecule has 0 saturated carbocycles. The first-order valence-corrected chi connectivity index (χ1v) is 11.4. The average Bonchev–Trinajstić information content (AvgIpc) is 2.84. The first-order valence-electron chi connectivity index (χ1n) is 10.6. The number of benzene rings is 2. The second kappa shape index (κ2) is 9.79. The van der Waals surface area contributed by atoms with Gasteiger partial charge >= 0.3 is 0 Å². The molecular weight excluding hydrogens is 474 g/mol. The largest absolute Gasteiger partial charge is 0.394 e. The van der Waals surface area contributed by atoms with Crippen LogP contribution in [0.25, 0.3) is 0 Å². The van der Waals surface area contributed by atoms with E-state index in [9.17, 15) is 5.11 Å². The summed E-state index contributed by atoms with van der Waals surface area (Å²) < 4.78 is 26.0. The third-order valence-electron chi connectivity index (χ3n) is 5.77. The highest BCUT2D eigenvalue weighted by atomic mass is 79.9. The zero-order valence-corrected chi connectivity index (χ0v) is 18.9. The molecule has 2 fully saturated rings. The van der Waals surface area contributed by atoms with Gasteiger partial charge in [0.25, 0.3) is 0 Å². The van der Waals surface area contributed by atoms with Crippen molar-refractivity contribution in [2.45, 2.75) is 43.4 Å². The number of aliphatic hydroxyl groups excluding tert-OH is 1. The maximum absolute atomic E-state index is 10.1. The SMILES string of the molecule is OCC1OC(c2ccccc2)OC2C(Cc3ccnc(Br)c3)OC(c3ccccc3)OC12. The normalized spacial score (nSPS) is 29.9. The molecule has 2 aliphatic heterocycles. The Morgan fingerprint density at radius 1 is 0.750 bits per heavy atom. The number of pyridine rings is 1. The number of aromatic nitrogens is 1. The van der Waals surface area contributed by atoms with E-state index in [-0.39, 0.29) is 12.7 Å². The number of aliphatic hydroxyl groups is 1. The van der Waals surface area contributed by atoms with Gasteiger partial charge in [-0.2, -0.15) is 0 Å². The molecule has 2 aliphatic rings. The van der Waals surface area contributed by atoms with Gasteiger partial charge in [0, 0.05) is 23.7 Å². The fourth-order valence-electron chi connectivity index (χ4n) is 4.22. The van der Waals surface area contributed by atoms with Crippen LogP contribution in [0.4, 0.5) is 0 Å². The first kappa shape index (κ1) is 21.7. The smallest absolute Gasteiger partial charge is 0.184 e. The van der Waals surface area contributed by atoms with Crippen molar-refractivity contribution in [3.63, 3.8) is 0 Å². The Kier molecular flexibility index (Phi) is 6.64. The van der Waals surface area contributed by atoms with Crippen LogP contribution in [-0.2, 0) is 25.4 Å². The predicted molar refractivity (Wildman–Crippen MR) is 121 cm³/mol. The molecule has 3 aromatic rings. The summed E-state index contributed by atoms with van der Waals surface area (Å²) in [6.07, 6.45) is -0.567. The number of ether oxygens (including phenoxy) is 4. The highest BCUT2D eigenvalue weighted by Crippen LogP contribution is 2.41. The molecule has 6 nitrogen and oxygen atoms in total. The molecule has 6 unspecified atom stereocenters. The van der Waals surface area contributed by atoms with Gasteiger partial charge in [0.05, 0.1) is 12.7 Å². The van der Waals surface area contributed by atoms with Gasteiger partial charge in [-0.1, -0.05) is 60.7 Å². The van der Waals surface area contributed by atoms with Gasteiger partial charge in [-0.25, -0.2) is 4.98 Å². The molecule has 2 aromatic carbocycles. The summed E-state index contributed by atoms with van der Waals surface area (Å²) in [4.78, 5) is 4.22. The second-order valence-electron chi connectivity index (χ2n) is 7.91. The van der Waals surface area contributed by atoms with Gasteiger partial charge in [0.1, 0.15) is 22.9 Å². The van der Waals surface area contributed by atoms with Crippen molar-refractivity contribution in [2.75, 3.05) is 6.61 Å². The van der Waals surface area contributed by atoms with E-state index in [4.69, 9.17) is 18.9 Å². The van der Waals surface area contributed by atoms with E-state index < -0.39 is 30.9 Å². The summed E-state index contributed by atoms with van der Waals surface area (Å²) in [5, 5.41) is 10.1. The van der Waals surface area contributed by atoms with E-state index in [2.05, 4.69) is 20.9 Å². The van der Waals surface area contributed by atoms with Gasteiger partial charge in [-0.3, -0.25) is 0 Å². The van der Waals surface area contributed by atoms with E-state index in [1.807, 2.05) is 72.8 Å². The molecule has 32 heavy (non-hydrogen) atoms. The van der Waals surface area contributed by atoms with Crippen LogP contribution in [0.2, 0.25) is 0 Å². The number of hydrogen-bond acceptors (Lipinski definition) is 6. The van der Waals surface area contributed by atoms with Crippen LogP contribution in [0.15, 0.2) is 83.6 Å². The lowest BCUT2D eigenvalue weighted by atomic mass is 9.94. The molecule has 6 atom stereocenters. The minimum Gasteiger partial charge on any atom is -0.394 e. The molecule has 0 radical (unpaired) electrons. The van der Waals surface area contributed by atoms with Crippen LogP contribution in [0.1, 0.15) is 29.3 Å². The Morgan fingerprint density at radius 2 is 1.31 bits per heavy atom. The molecule has 166 valence electrons. The molecule has 2 saturated heterocycles. The Bertz CT molecular complexity index is 1020. The van der Waals surface area contributed by atoms with Crippen molar-refractivity contribution < 1.29 is 24.1 Å². The van der Waals surface area contributed by atoms with Crippen LogP contribution >= 0.6 is 15.9 Å². The third-order valence-corrected chi connectivity index (χ3v) is 6.20. The lowest BCUT2D eigenvalue weighted by molar-refractivity contribution is -0.384. The Labute approximate surface area is 195 Å². The van der Waals surface area contributed by atoms with E-state index in [0.717, 1.165) is 21.3 Å². The van der Waals surface area contributed by atoms with E-state index in [1.165, 1.54) is 0 Å². The quantitative estimate of drug-likeness (QED) is 0.528. The summed E-state index contributed by atoms with van der Waals surface area (Å²) in [6, 6.07) is 23.5. The van der Waals surface area contributed by atoms with Gasteiger partial charge in [0.15, 0.2) is 12.6 Å². The van der Waals surface area contributed by atoms with Crippen LogP contribution in [0.3, 0.4) is 0 Å². The lowest BCUT2D eigenvalue weighted by Crippen LogP contribution is -2.59. The average molecular weight is 498 g/mol. The number of halogens is 1. The van der Waals surface area contributed by atoms with E-state index in [1.54, 1.807) is 6.20 Å². The summed E-state index contributed by atoms with van der Waals surface area (Å²) in [5.41, 5.74) is 2.87. The molecule has 0 amide bonds. The van der Waals surface area contributed by atoms with E-state index in [0.29, 0.717) is 6.42 Å². The minimum absolute atomic E-state index is 0.178. The van der Waals surface area contributed by atoms with Crippen LogP contribution < -0.4 is 0 Å². The zero-order valence-electron chi connectivity index (χ0n) is 17.3. The molecular formula is C25H24BrNO5. The van der Waals surface area contributed by atoms with Crippen molar-refractivity contribution in [3.05, 3.63) is 100 Å². The number of rotatable bonds is 5. The second-order valence-corrected chi connectivity index (χ2v) is 8.72. The fourth-order valence-corrected chi connectivity index (χ4v) is 4.64. The molecule has 1 N–H and O–H groups in total. The highest BCUT2D eigenvalue weighted by Gasteiger charge is 2.49. The molecule has 7 heteroatoms. The van der Waals surface area contributed by atoms with Gasteiger partial charge in [0.2, 0.25) is 0 Å². The number of nitrogens with zero attached hydrogens (tertiary/aromatic N) is 1. The van der Waals surface area contributed by atoms with Gasteiger partial charge in [-0.15, -0.1) is 0 Å². The Morgan fingerprint density at radius 3 is 1.88 bits per heavy atom.